The maximum Gasteiger partial charge on any atom is 0.153 e. The highest BCUT2D eigenvalue weighted by Crippen LogP contribution is 2.38. The molecule has 1 aromatic rings. The molecule has 7 heteroatoms. The summed E-state index contributed by atoms with van der Waals surface area (Å²) in [6.45, 7) is 0.882. The first-order valence-corrected chi connectivity index (χ1v) is 6.53. The summed E-state index contributed by atoms with van der Waals surface area (Å²) in [6, 6.07) is 0. The van der Waals surface area contributed by atoms with E-state index in [0.717, 1.165) is 9.90 Å². The van der Waals surface area contributed by atoms with Crippen molar-refractivity contribution in [3.05, 3.63) is 0 Å². The Bertz CT molecular complexity index is 348. The molecule has 0 saturated carbocycles. The topological polar surface area (TPSA) is 82.6 Å². The molecule has 4 N–H and O–H groups in total. The van der Waals surface area contributed by atoms with E-state index in [1.807, 2.05) is 11.2 Å². The van der Waals surface area contributed by atoms with E-state index in [9.17, 15) is 10.2 Å². The first-order chi connectivity index (χ1) is 7.13. The molecule has 1 fully saturated rings. The molecule has 5 nitrogen and oxygen atoms in total. The summed E-state index contributed by atoms with van der Waals surface area (Å²) in [4.78, 5) is 2.86. The monoisotopic (exact) mass is 247 g/mol. The lowest BCUT2D eigenvalue weighted by Gasteiger charge is -2.15. The zero-order valence-electron chi connectivity index (χ0n) is 8.25. The van der Waals surface area contributed by atoms with Gasteiger partial charge >= 0.3 is 0 Å². The number of β-amino-alcohol motifs (C(OH)–C–C–N with tert-alkyl or cyclic N) is 2. The van der Waals surface area contributed by atoms with E-state index in [-0.39, 0.29) is 0 Å². The Kier molecular flexibility index (Phi) is 3.06. The van der Waals surface area contributed by atoms with Gasteiger partial charge in [-0.05, 0) is 17.8 Å². The van der Waals surface area contributed by atoms with Gasteiger partial charge in [0.1, 0.15) is 5.00 Å². The second-order valence-electron chi connectivity index (χ2n) is 3.45. The third-order valence-corrected chi connectivity index (χ3v) is 4.27. The SMILES string of the molecule is CSc1c(N)nsc1N1CC(O)C(O)C1. The van der Waals surface area contributed by atoms with Crippen LogP contribution in [0, 0.1) is 0 Å². The minimum Gasteiger partial charge on any atom is -0.389 e. The third kappa shape index (κ3) is 1.92. The molecule has 2 rings (SSSR count). The molecule has 1 aliphatic rings. The Labute approximate surface area is 96.1 Å². The number of nitrogens with zero attached hydrogens (tertiary/aromatic N) is 2. The number of thioether (sulfide) groups is 1. The Morgan fingerprint density at radius 1 is 1.47 bits per heavy atom. The number of aromatic nitrogens is 1. The van der Waals surface area contributed by atoms with Gasteiger partial charge in [0, 0.05) is 13.1 Å². The van der Waals surface area contributed by atoms with Crippen molar-refractivity contribution in [3.8, 4) is 0 Å². The van der Waals surface area contributed by atoms with E-state index in [2.05, 4.69) is 4.37 Å². The molecule has 0 aromatic carbocycles. The van der Waals surface area contributed by atoms with Crippen molar-refractivity contribution in [1.82, 2.24) is 4.37 Å². The fraction of sp³-hybridized carbons (Fsp3) is 0.625. The van der Waals surface area contributed by atoms with E-state index in [1.54, 1.807) is 0 Å². The summed E-state index contributed by atoms with van der Waals surface area (Å²) in [7, 11) is 0. The molecule has 0 amide bonds. The van der Waals surface area contributed by atoms with Crippen molar-refractivity contribution in [2.24, 2.45) is 0 Å². The van der Waals surface area contributed by atoms with Gasteiger partial charge in [0.15, 0.2) is 5.82 Å². The van der Waals surface area contributed by atoms with Gasteiger partial charge in [-0.2, -0.15) is 4.37 Å². The molecular formula is C8H13N3O2S2. The van der Waals surface area contributed by atoms with Gasteiger partial charge in [-0.15, -0.1) is 11.8 Å². The number of anilines is 2. The fourth-order valence-electron chi connectivity index (χ4n) is 1.61. The molecule has 1 aliphatic heterocycles. The van der Waals surface area contributed by atoms with Crippen LogP contribution in [0.4, 0.5) is 10.8 Å². The average molecular weight is 247 g/mol. The zero-order chi connectivity index (χ0) is 11.0. The van der Waals surface area contributed by atoms with E-state index in [0.29, 0.717) is 18.9 Å². The molecule has 84 valence electrons. The maximum atomic E-state index is 9.45. The van der Waals surface area contributed by atoms with Gasteiger partial charge in [-0.25, -0.2) is 0 Å². The number of aliphatic hydroxyl groups is 2. The summed E-state index contributed by atoms with van der Waals surface area (Å²) < 4.78 is 4.08. The zero-order valence-corrected chi connectivity index (χ0v) is 9.88. The lowest BCUT2D eigenvalue weighted by molar-refractivity contribution is 0.0572. The Balaban J connectivity index is 2.23. The molecule has 0 bridgehead atoms. The van der Waals surface area contributed by atoms with E-state index >= 15 is 0 Å². The minimum atomic E-state index is -0.678. The first kappa shape index (κ1) is 11.0. The molecule has 1 aromatic heterocycles. The van der Waals surface area contributed by atoms with Gasteiger partial charge < -0.3 is 20.8 Å². The lowest BCUT2D eigenvalue weighted by atomic mass is 10.3. The highest BCUT2D eigenvalue weighted by atomic mass is 32.2. The van der Waals surface area contributed by atoms with Crippen LogP contribution < -0.4 is 10.6 Å². The summed E-state index contributed by atoms with van der Waals surface area (Å²) in [5.74, 6) is 0.526. The van der Waals surface area contributed by atoms with Gasteiger partial charge in [0.05, 0.1) is 17.1 Å². The predicted molar refractivity (Wildman–Crippen MR) is 62.5 cm³/mol. The molecule has 0 spiro atoms. The van der Waals surface area contributed by atoms with E-state index in [4.69, 9.17) is 5.73 Å². The molecule has 2 atom stereocenters. The van der Waals surface area contributed by atoms with E-state index < -0.39 is 12.2 Å². The second kappa shape index (κ2) is 4.17. The van der Waals surface area contributed by atoms with Gasteiger partial charge in [-0.3, -0.25) is 0 Å². The van der Waals surface area contributed by atoms with Crippen LogP contribution in [0.15, 0.2) is 4.90 Å². The fourth-order valence-corrected chi connectivity index (χ4v) is 3.32. The Morgan fingerprint density at radius 2 is 2.07 bits per heavy atom. The molecule has 2 unspecified atom stereocenters. The maximum absolute atomic E-state index is 9.45. The van der Waals surface area contributed by atoms with E-state index in [1.165, 1.54) is 23.3 Å². The van der Waals surface area contributed by atoms with Crippen molar-refractivity contribution >= 4 is 34.1 Å². The summed E-state index contributed by atoms with van der Waals surface area (Å²) >= 11 is 2.85. The van der Waals surface area contributed by atoms with Crippen LogP contribution in [0.2, 0.25) is 0 Å². The van der Waals surface area contributed by atoms with Crippen LogP contribution in [-0.2, 0) is 0 Å². The quantitative estimate of drug-likeness (QED) is 0.638. The number of nitrogen functional groups attached to an aromatic ring is 1. The smallest absolute Gasteiger partial charge is 0.153 e. The molecule has 15 heavy (non-hydrogen) atoms. The predicted octanol–water partition coefficient (Wildman–Crippen LogP) is -0.0110. The van der Waals surface area contributed by atoms with Crippen molar-refractivity contribution in [2.45, 2.75) is 17.1 Å². The normalized spacial score (nSPS) is 26.2. The van der Waals surface area contributed by atoms with Crippen molar-refractivity contribution in [3.63, 3.8) is 0 Å². The molecule has 2 heterocycles. The minimum absolute atomic E-state index is 0.441. The largest absolute Gasteiger partial charge is 0.389 e. The van der Waals surface area contributed by atoms with Crippen LogP contribution in [0.1, 0.15) is 0 Å². The number of hydrogen-bond donors (Lipinski definition) is 3. The molecular weight excluding hydrogens is 234 g/mol. The highest BCUT2D eigenvalue weighted by Gasteiger charge is 2.32. The summed E-state index contributed by atoms with van der Waals surface area (Å²) in [5.41, 5.74) is 5.72. The van der Waals surface area contributed by atoms with Crippen molar-refractivity contribution in [1.29, 1.82) is 0 Å². The van der Waals surface area contributed by atoms with Crippen LogP contribution >= 0.6 is 23.3 Å². The van der Waals surface area contributed by atoms with Crippen molar-refractivity contribution in [2.75, 3.05) is 30.0 Å². The van der Waals surface area contributed by atoms with Crippen LogP contribution in [0.5, 0.6) is 0 Å². The molecule has 0 radical (unpaired) electrons. The number of hydrogen-bond acceptors (Lipinski definition) is 7. The molecule has 1 saturated heterocycles. The van der Waals surface area contributed by atoms with Crippen LogP contribution in [-0.4, -0.2) is 46.1 Å². The number of nitrogens with two attached hydrogens (primary N) is 1. The average Bonchev–Trinajstić information content (AvgIpc) is 2.71. The second-order valence-corrected chi connectivity index (χ2v) is 5.01. The third-order valence-electron chi connectivity index (χ3n) is 2.41. The van der Waals surface area contributed by atoms with Crippen molar-refractivity contribution < 1.29 is 10.2 Å². The van der Waals surface area contributed by atoms with Crippen LogP contribution in [0.3, 0.4) is 0 Å². The summed E-state index contributed by atoms with van der Waals surface area (Å²) in [5, 5.41) is 19.8. The van der Waals surface area contributed by atoms with Gasteiger partial charge in [0.2, 0.25) is 0 Å². The first-order valence-electron chi connectivity index (χ1n) is 4.53. The standard InChI is InChI=1S/C8H13N3O2S2/c1-14-6-7(9)10-15-8(6)11-2-4(12)5(13)3-11/h4-5,12-13H,2-3H2,1H3,(H2,9,10). The molecule has 0 aliphatic carbocycles. The van der Waals surface area contributed by atoms with Gasteiger partial charge in [0.25, 0.3) is 0 Å². The Hall–Kier alpha value is -0.500. The summed E-state index contributed by atoms with van der Waals surface area (Å²) in [6.07, 6.45) is 0.582. The lowest BCUT2D eigenvalue weighted by Crippen LogP contribution is -2.22. The Morgan fingerprint density at radius 3 is 2.60 bits per heavy atom. The van der Waals surface area contributed by atoms with Crippen LogP contribution in [0.25, 0.3) is 0 Å². The van der Waals surface area contributed by atoms with Gasteiger partial charge in [-0.1, -0.05) is 0 Å². The number of aliphatic hydroxyl groups excluding tert-OH is 2. The highest BCUT2D eigenvalue weighted by molar-refractivity contribution is 7.99. The number of rotatable bonds is 2.